The topological polar surface area (TPSA) is 87.7 Å². The standard InChI is InChI=1S/C20H21F4N3O3/c1-4-12(5-13-6-14(20(22,23)24)9-15(21)7-13)8-17(25-3)27-16(10-28)18(19(29)30)11(2)26-27/h6-9,28H,4-5,10H2,1-3H3,(H,29,30)/b12-8+,25-17?. The molecular formula is C20H21F4N3O3. The molecule has 0 unspecified atom stereocenters. The molecule has 2 N–H and O–H groups in total. The number of benzene rings is 1. The number of hydrogen-bond acceptors (Lipinski definition) is 4. The number of aromatic carboxylic acids is 1. The Hall–Kier alpha value is -3.01. The maximum absolute atomic E-state index is 13.7. The highest BCUT2D eigenvalue weighted by Gasteiger charge is 2.31. The number of aliphatic hydroxyl groups is 1. The van der Waals surface area contributed by atoms with Crippen LogP contribution in [0.25, 0.3) is 0 Å². The lowest BCUT2D eigenvalue weighted by atomic mass is 10.00. The monoisotopic (exact) mass is 427 g/mol. The summed E-state index contributed by atoms with van der Waals surface area (Å²) in [6.45, 7) is 2.64. The summed E-state index contributed by atoms with van der Waals surface area (Å²) in [5.41, 5.74) is -0.269. The minimum absolute atomic E-state index is 0.0247. The Bertz CT molecular complexity index is 1010. The van der Waals surface area contributed by atoms with Crippen molar-refractivity contribution in [1.29, 1.82) is 0 Å². The predicted molar refractivity (Wildman–Crippen MR) is 102 cm³/mol. The smallest absolute Gasteiger partial charge is 0.416 e. The summed E-state index contributed by atoms with van der Waals surface area (Å²) in [6.07, 6.45) is -2.69. The largest absolute Gasteiger partial charge is 0.478 e. The van der Waals surface area contributed by atoms with E-state index in [0.717, 1.165) is 12.1 Å². The summed E-state index contributed by atoms with van der Waals surface area (Å²) in [5, 5.41) is 23.1. The van der Waals surface area contributed by atoms with Gasteiger partial charge in [0.05, 0.1) is 23.6 Å². The van der Waals surface area contributed by atoms with Gasteiger partial charge >= 0.3 is 12.1 Å². The van der Waals surface area contributed by atoms with E-state index in [4.69, 9.17) is 0 Å². The number of rotatable bonds is 6. The second-order valence-electron chi connectivity index (χ2n) is 6.54. The molecule has 162 valence electrons. The molecule has 0 saturated heterocycles. The molecule has 0 radical (unpaired) electrons. The van der Waals surface area contributed by atoms with Crippen LogP contribution in [0.5, 0.6) is 0 Å². The van der Waals surface area contributed by atoms with Gasteiger partial charge in [-0.2, -0.15) is 18.3 Å². The second kappa shape index (κ2) is 9.21. The van der Waals surface area contributed by atoms with Crippen LogP contribution in [0.15, 0.2) is 34.8 Å². The molecule has 0 bridgehead atoms. The van der Waals surface area contributed by atoms with E-state index in [1.165, 1.54) is 24.7 Å². The van der Waals surface area contributed by atoms with Crippen LogP contribution in [0.4, 0.5) is 17.6 Å². The van der Waals surface area contributed by atoms with Crippen molar-refractivity contribution in [3.63, 3.8) is 0 Å². The summed E-state index contributed by atoms with van der Waals surface area (Å²) < 4.78 is 53.7. The number of aryl methyl sites for hydroxylation is 1. The molecule has 10 heteroatoms. The lowest BCUT2D eigenvalue weighted by molar-refractivity contribution is -0.137. The van der Waals surface area contributed by atoms with Crippen LogP contribution < -0.4 is 0 Å². The van der Waals surface area contributed by atoms with Gasteiger partial charge in [-0.3, -0.25) is 4.99 Å². The van der Waals surface area contributed by atoms with Gasteiger partial charge in [-0.1, -0.05) is 12.5 Å². The summed E-state index contributed by atoms with van der Waals surface area (Å²) in [4.78, 5) is 15.5. The molecule has 2 aromatic rings. The average molecular weight is 427 g/mol. The molecule has 0 saturated carbocycles. The van der Waals surface area contributed by atoms with E-state index in [9.17, 15) is 32.6 Å². The molecule has 30 heavy (non-hydrogen) atoms. The molecule has 1 aromatic carbocycles. The minimum Gasteiger partial charge on any atom is -0.478 e. The highest BCUT2D eigenvalue weighted by Crippen LogP contribution is 2.31. The molecule has 1 aromatic heterocycles. The van der Waals surface area contributed by atoms with Crippen molar-refractivity contribution in [3.8, 4) is 0 Å². The van der Waals surface area contributed by atoms with Gasteiger partial charge in [0.2, 0.25) is 0 Å². The van der Waals surface area contributed by atoms with Crippen LogP contribution in [-0.2, 0) is 19.2 Å². The minimum atomic E-state index is -4.67. The summed E-state index contributed by atoms with van der Waals surface area (Å²) in [6, 6.07) is 2.35. The first-order valence-electron chi connectivity index (χ1n) is 8.97. The van der Waals surface area contributed by atoms with Crippen LogP contribution in [0.3, 0.4) is 0 Å². The molecule has 1 heterocycles. The summed E-state index contributed by atoms with van der Waals surface area (Å²) in [5.74, 6) is -2.05. The molecule has 0 spiro atoms. The first kappa shape index (κ1) is 23.3. The number of carbonyl (C=O) groups is 1. The average Bonchev–Trinajstić information content (AvgIpc) is 3.00. The third kappa shape index (κ3) is 5.12. The molecule has 0 aliphatic rings. The van der Waals surface area contributed by atoms with Crippen molar-refractivity contribution >= 4 is 11.8 Å². The molecule has 0 fully saturated rings. The highest BCUT2D eigenvalue weighted by atomic mass is 19.4. The fourth-order valence-electron chi connectivity index (χ4n) is 3.05. The van der Waals surface area contributed by atoms with Gasteiger partial charge in [0.1, 0.15) is 17.2 Å². The van der Waals surface area contributed by atoms with Gasteiger partial charge in [0.25, 0.3) is 0 Å². The van der Waals surface area contributed by atoms with Gasteiger partial charge in [-0.15, -0.1) is 0 Å². The van der Waals surface area contributed by atoms with E-state index >= 15 is 0 Å². The van der Waals surface area contributed by atoms with E-state index in [0.29, 0.717) is 18.1 Å². The van der Waals surface area contributed by atoms with Crippen molar-refractivity contribution in [2.45, 2.75) is 39.5 Å². The SMILES string of the molecule is CC/C(=C\C(=NC)n1nc(C)c(C(=O)O)c1CO)Cc1cc(F)cc(C(F)(F)F)c1. The number of aliphatic imine (C=N–C) groups is 1. The van der Waals surface area contributed by atoms with Crippen LogP contribution in [0.2, 0.25) is 0 Å². The second-order valence-corrected chi connectivity index (χ2v) is 6.54. The Morgan fingerprint density at radius 1 is 1.30 bits per heavy atom. The summed E-state index contributed by atoms with van der Waals surface area (Å²) in [7, 11) is 1.43. The normalized spacial score (nSPS) is 13.1. The number of carboxylic acids is 1. The number of hydrogen-bond donors (Lipinski definition) is 2. The molecule has 0 atom stereocenters. The van der Waals surface area contributed by atoms with Gasteiger partial charge in [0, 0.05) is 7.05 Å². The van der Waals surface area contributed by atoms with Gasteiger partial charge in [0.15, 0.2) is 0 Å². The van der Waals surface area contributed by atoms with E-state index in [-0.39, 0.29) is 34.8 Å². The van der Waals surface area contributed by atoms with E-state index < -0.39 is 30.1 Å². The van der Waals surface area contributed by atoms with Crippen LogP contribution in [0.1, 0.15) is 46.2 Å². The molecule has 0 amide bonds. The molecular weight excluding hydrogens is 406 g/mol. The van der Waals surface area contributed by atoms with Gasteiger partial charge in [-0.25, -0.2) is 13.9 Å². The number of aliphatic hydroxyl groups excluding tert-OH is 1. The van der Waals surface area contributed by atoms with E-state index in [1.807, 2.05) is 0 Å². The van der Waals surface area contributed by atoms with Crippen molar-refractivity contribution in [2.75, 3.05) is 7.05 Å². The van der Waals surface area contributed by atoms with Crippen molar-refractivity contribution in [1.82, 2.24) is 9.78 Å². The Kier molecular flexibility index (Phi) is 7.14. The Morgan fingerprint density at radius 3 is 2.47 bits per heavy atom. The Morgan fingerprint density at radius 2 is 1.97 bits per heavy atom. The van der Waals surface area contributed by atoms with Crippen molar-refractivity contribution < 1.29 is 32.6 Å². The van der Waals surface area contributed by atoms with Crippen LogP contribution in [0, 0.1) is 12.7 Å². The number of allylic oxidation sites excluding steroid dienone is 2. The van der Waals surface area contributed by atoms with Crippen molar-refractivity contribution in [2.24, 2.45) is 4.99 Å². The number of alkyl halides is 3. The third-order valence-electron chi connectivity index (χ3n) is 4.47. The lowest BCUT2D eigenvalue weighted by Crippen LogP contribution is -2.17. The third-order valence-corrected chi connectivity index (χ3v) is 4.47. The zero-order valence-corrected chi connectivity index (χ0v) is 16.6. The van der Waals surface area contributed by atoms with Crippen LogP contribution in [-0.4, -0.2) is 38.8 Å². The molecule has 2 rings (SSSR count). The summed E-state index contributed by atoms with van der Waals surface area (Å²) >= 11 is 0. The van der Waals surface area contributed by atoms with E-state index in [1.54, 1.807) is 6.92 Å². The first-order chi connectivity index (χ1) is 14.0. The van der Waals surface area contributed by atoms with E-state index in [2.05, 4.69) is 10.1 Å². The zero-order valence-electron chi connectivity index (χ0n) is 16.6. The number of halogens is 4. The number of carboxylic acid groups (broad SMARTS) is 1. The van der Waals surface area contributed by atoms with Crippen LogP contribution >= 0.6 is 0 Å². The first-order valence-corrected chi connectivity index (χ1v) is 8.97. The molecule has 0 aliphatic heterocycles. The Labute approximate surface area is 170 Å². The highest BCUT2D eigenvalue weighted by molar-refractivity contribution is 5.98. The number of nitrogens with zero attached hydrogens (tertiary/aromatic N) is 3. The fourth-order valence-corrected chi connectivity index (χ4v) is 3.05. The maximum atomic E-state index is 13.7. The molecule has 0 aliphatic carbocycles. The lowest BCUT2D eigenvalue weighted by Gasteiger charge is -2.12. The maximum Gasteiger partial charge on any atom is 0.416 e. The quantitative estimate of drug-likeness (QED) is 0.415. The zero-order chi connectivity index (χ0) is 22.6. The number of aromatic nitrogens is 2. The molecule has 6 nitrogen and oxygen atoms in total. The fraction of sp³-hybridized carbons (Fsp3) is 0.350. The van der Waals surface area contributed by atoms with Gasteiger partial charge < -0.3 is 10.2 Å². The predicted octanol–water partition coefficient (Wildman–Crippen LogP) is 4.00. The Balaban J connectivity index is 2.46. The van der Waals surface area contributed by atoms with Crippen molar-refractivity contribution in [3.05, 3.63) is 63.7 Å². The van der Waals surface area contributed by atoms with Gasteiger partial charge in [-0.05, 0) is 49.6 Å².